The molecule has 1 aliphatic heterocycles. The summed E-state index contributed by atoms with van der Waals surface area (Å²) in [5, 5.41) is 0.798. The molecule has 1 aliphatic rings. The van der Waals surface area contributed by atoms with Gasteiger partial charge in [-0.1, -0.05) is 23.9 Å². The quantitative estimate of drug-likeness (QED) is 0.642. The van der Waals surface area contributed by atoms with Crippen molar-refractivity contribution in [3.63, 3.8) is 0 Å². The normalized spacial score (nSPS) is 15.2. The molecule has 0 N–H and O–H groups in total. The SMILES string of the molecule is CSc1nc(C)cc(N2CCN(c3ccccc3F)CC2)n1. The van der Waals surface area contributed by atoms with Crippen molar-refractivity contribution in [2.45, 2.75) is 12.1 Å². The zero-order valence-electron chi connectivity index (χ0n) is 12.8. The Balaban J connectivity index is 1.72. The summed E-state index contributed by atoms with van der Waals surface area (Å²) in [6, 6.07) is 8.97. The lowest BCUT2D eigenvalue weighted by Crippen LogP contribution is -2.47. The Morgan fingerprint density at radius 2 is 1.73 bits per heavy atom. The van der Waals surface area contributed by atoms with Crippen LogP contribution in [0.1, 0.15) is 5.69 Å². The minimum Gasteiger partial charge on any atom is -0.366 e. The van der Waals surface area contributed by atoms with Gasteiger partial charge in [-0.15, -0.1) is 0 Å². The fourth-order valence-electron chi connectivity index (χ4n) is 2.66. The van der Waals surface area contributed by atoms with Crippen LogP contribution >= 0.6 is 11.8 Å². The summed E-state index contributed by atoms with van der Waals surface area (Å²) in [6.45, 7) is 5.23. The first-order valence-corrected chi connectivity index (χ1v) is 8.54. The van der Waals surface area contributed by atoms with Gasteiger partial charge in [0.25, 0.3) is 0 Å². The fraction of sp³-hybridized carbons (Fsp3) is 0.375. The molecule has 1 aromatic carbocycles. The first-order chi connectivity index (χ1) is 10.7. The van der Waals surface area contributed by atoms with Gasteiger partial charge in [0.1, 0.15) is 11.6 Å². The van der Waals surface area contributed by atoms with Crippen LogP contribution in [0.4, 0.5) is 15.9 Å². The molecule has 22 heavy (non-hydrogen) atoms. The number of nitrogens with zero attached hydrogens (tertiary/aromatic N) is 4. The number of piperazine rings is 1. The second-order valence-electron chi connectivity index (χ2n) is 5.28. The van der Waals surface area contributed by atoms with Crippen LogP contribution in [0.25, 0.3) is 0 Å². The van der Waals surface area contributed by atoms with Crippen LogP contribution in [0.3, 0.4) is 0 Å². The standard InChI is InChI=1S/C16H19FN4S/c1-12-11-15(19-16(18-12)22-2)21-9-7-20(8-10-21)14-6-4-3-5-13(14)17/h3-6,11H,7-10H2,1-2H3. The Labute approximate surface area is 134 Å². The summed E-state index contributed by atoms with van der Waals surface area (Å²) in [5.74, 6) is 0.809. The minimum absolute atomic E-state index is 0.154. The van der Waals surface area contributed by atoms with Gasteiger partial charge in [-0.25, -0.2) is 14.4 Å². The van der Waals surface area contributed by atoms with Crippen LogP contribution in [0.2, 0.25) is 0 Å². The second kappa shape index (κ2) is 6.52. The molecule has 1 saturated heterocycles. The van der Waals surface area contributed by atoms with Gasteiger partial charge in [0.05, 0.1) is 5.69 Å². The molecule has 4 nitrogen and oxygen atoms in total. The smallest absolute Gasteiger partial charge is 0.189 e. The number of thioether (sulfide) groups is 1. The third kappa shape index (κ3) is 3.16. The van der Waals surface area contributed by atoms with Crippen molar-refractivity contribution in [1.82, 2.24) is 9.97 Å². The Morgan fingerprint density at radius 3 is 2.41 bits per heavy atom. The number of aromatic nitrogens is 2. The summed E-state index contributed by atoms with van der Waals surface area (Å²) in [6.07, 6.45) is 1.98. The highest BCUT2D eigenvalue weighted by Crippen LogP contribution is 2.23. The molecule has 3 rings (SSSR count). The predicted molar refractivity (Wildman–Crippen MR) is 89.4 cm³/mol. The van der Waals surface area contributed by atoms with Crippen molar-refractivity contribution in [2.75, 3.05) is 42.2 Å². The lowest BCUT2D eigenvalue weighted by atomic mass is 10.2. The molecule has 1 aromatic heterocycles. The molecular formula is C16H19FN4S. The molecule has 0 atom stereocenters. The maximum atomic E-state index is 13.9. The van der Waals surface area contributed by atoms with Gasteiger partial charge in [0.2, 0.25) is 0 Å². The average Bonchev–Trinajstić information content (AvgIpc) is 2.55. The van der Waals surface area contributed by atoms with Crippen molar-refractivity contribution in [3.8, 4) is 0 Å². The summed E-state index contributed by atoms with van der Waals surface area (Å²) in [4.78, 5) is 13.3. The summed E-state index contributed by atoms with van der Waals surface area (Å²) < 4.78 is 13.9. The molecule has 0 saturated carbocycles. The zero-order chi connectivity index (χ0) is 15.5. The Morgan fingerprint density at radius 1 is 1.05 bits per heavy atom. The number of hydrogen-bond acceptors (Lipinski definition) is 5. The van der Waals surface area contributed by atoms with Crippen LogP contribution in [0, 0.1) is 12.7 Å². The van der Waals surface area contributed by atoms with E-state index in [0.29, 0.717) is 5.69 Å². The monoisotopic (exact) mass is 318 g/mol. The Bertz CT molecular complexity index is 656. The molecule has 0 unspecified atom stereocenters. The van der Waals surface area contributed by atoms with Gasteiger partial charge >= 0.3 is 0 Å². The van der Waals surface area contributed by atoms with Crippen molar-refractivity contribution < 1.29 is 4.39 Å². The van der Waals surface area contributed by atoms with Crippen LogP contribution in [0.5, 0.6) is 0 Å². The number of para-hydroxylation sites is 1. The molecule has 2 aromatic rings. The maximum Gasteiger partial charge on any atom is 0.189 e. The van der Waals surface area contributed by atoms with E-state index < -0.39 is 0 Å². The second-order valence-corrected chi connectivity index (χ2v) is 6.05. The topological polar surface area (TPSA) is 32.3 Å². The molecule has 6 heteroatoms. The van der Waals surface area contributed by atoms with E-state index in [1.165, 1.54) is 6.07 Å². The van der Waals surface area contributed by atoms with Crippen LogP contribution in [0.15, 0.2) is 35.5 Å². The Kier molecular flexibility index (Phi) is 4.47. The van der Waals surface area contributed by atoms with Crippen molar-refractivity contribution in [2.24, 2.45) is 0 Å². The third-order valence-corrected chi connectivity index (χ3v) is 4.35. The maximum absolute atomic E-state index is 13.9. The molecule has 0 bridgehead atoms. The van der Waals surface area contributed by atoms with E-state index in [-0.39, 0.29) is 5.82 Å². The molecule has 0 radical (unpaired) electrons. The van der Waals surface area contributed by atoms with Gasteiger partial charge in [-0.2, -0.15) is 0 Å². The van der Waals surface area contributed by atoms with Gasteiger partial charge in [0, 0.05) is 37.9 Å². The average molecular weight is 318 g/mol. The highest BCUT2D eigenvalue weighted by Gasteiger charge is 2.20. The van der Waals surface area contributed by atoms with Gasteiger partial charge in [-0.3, -0.25) is 0 Å². The predicted octanol–water partition coefficient (Wildman–Crippen LogP) is 2.97. The molecule has 0 amide bonds. The summed E-state index contributed by atoms with van der Waals surface area (Å²) in [7, 11) is 0. The molecular weight excluding hydrogens is 299 g/mol. The first-order valence-electron chi connectivity index (χ1n) is 7.31. The third-order valence-electron chi connectivity index (χ3n) is 3.80. The number of anilines is 2. The number of rotatable bonds is 3. The van der Waals surface area contributed by atoms with E-state index in [1.54, 1.807) is 17.8 Å². The first kappa shape index (κ1) is 15.1. The van der Waals surface area contributed by atoms with Crippen molar-refractivity contribution in [3.05, 3.63) is 41.8 Å². The molecule has 2 heterocycles. The molecule has 1 fully saturated rings. The molecule has 0 spiro atoms. The van der Waals surface area contributed by atoms with Gasteiger partial charge in [-0.05, 0) is 25.3 Å². The summed E-state index contributed by atoms with van der Waals surface area (Å²) >= 11 is 1.55. The van der Waals surface area contributed by atoms with Crippen molar-refractivity contribution >= 4 is 23.3 Å². The van der Waals surface area contributed by atoms with E-state index in [1.807, 2.05) is 31.4 Å². The highest BCUT2D eigenvalue weighted by atomic mass is 32.2. The van der Waals surface area contributed by atoms with E-state index in [2.05, 4.69) is 19.8 Å². The van der Waals surface area contributed by atoms with Crippen LogP contribution in [-0.2, 0) is 0 Å². The van der Waals surface area contributed by atoms with Crippen LogP contribution in [-0.4, -0.2) is 42.4 Å². The van der Waals surface area contributed by atoms with E-state index in [4.69, 9.17) is 0 Å². The zero-order valence-corrected chi connectivity index (χ0v) is 13.6. The minimum atomic E-state index is -0.154. The van der Waals surface area contributed by atoms with Gasteiger partial charge in [0.15, 0.2) is 5.16 Å². The number of halogens is 1. The van der Waals surface area contributed by atoms with Crippen LogP contribution < -0.4 is 9.80 Å². The number of benzene rings is 1. The lowest BCUT2D eigenvalue weighted by molar-refractivity contribution is 0.595. The van der Waals surface area contributed by atoms with E-state index >= 15 is 0 Å². The van der Waals surface area contributed by atoms with E-state index in [0.717, 1.165) is 42.8 Å². The molecule has 0 aliphatic carbocycles. The fourth-order valence-corrected chi connectivity index (χ4v) is 3.08. The number of hydrogen-bond donors (Lipinski definition) is 0. The number of aryl methyl sites for hydroxylation is 1. The summed E-state index contributed by atoms with van der Waals surface area (Å²) in [5.41, 5.74) is 1.66. The Hall–Kier alpha value is -1.82. The lowest BCUT2D eigenvalue weighted by Gasteiger charge is -2.36. The highest BCUT2D eigenvalue weighted by molar-refractivity contribution is 7.98. The largest absolute Gasteiger partial charge is 0.366 e. The van der Waals surface area contributed by atoms with Gasteiger partial charge < -0.3 is 9.80 Å². The van der Waals surface area contributed by atoms with E-state index in [9.17, 15) is 4.39 Å². The molecule has 116 valence electrons. The van der Waals surface area contributed by atoms with Crippen molar-refractivity contribution in [1.29, 1.82) is 0 Å².